The average molecular weight is 313 g/mol. The highest BCUT2D eigenvalue weighted by Gasteiger charge is 2.27. The lowest BCUT2D eigenvalue weighted by Crippen LogP contribution is -2.17. The van der Waals surface area contributed by atoms with Crippen molar-refractivity contribution < 1.29 is 22.3 Å². The zero-order valence-electron chi connectivity index (χ0n) is 10.9. The Hall–Kier alpha value is -0.810. The summed E-state index contributed by atoms with van der Waals surface area (Å²) < 4.78 is 53.1. The zero-order chi connectivity index (χ0) is 15.0. The standard InChI is InChI=1S/C14H17ClF4O/c15-9-12(4-2-6-20-10-14(17,18)19)7-11-3-1-5-13(16)8-11/h1,3,5,8,12H,2,4,6-7,9-10H2. The van der Waals surface area contributed by atoms with Crippen molar-refractivity contribution in [3.8, 4) is 0 Å². The maximum absolute atomic E-state index is 13.0. The molecule has 0 spiro atoms. The van der Waals surface area contributed by atoms with Crippen LogP contribution in [0.2, 0.25) is 0 Å². The SMILES string of the molecule is Fc1cccc(CC(CCl)CCCOCC(F)(F)F)c1. The lowest BCUT2D eigenvalue weighted by atomic mass is 9.96. The number of benzene rings is 1. The van der Waals surface area contributed by atoms with Crippen LogP contribution in [0.5, 0.6) is 0 Å². The highest BCUT2D eigenvalue weighted by Crippen LogP contribution is 2.18. The predicted molar refractivity (Wildman–Crippen MR) is 70.4 cm³/mol. The molecule has 1 aromatic rings. The Morgan fingerprint density at radius 3 is 2.60 bits per heavy atom. The lowest BCUT2D eigenvalue weighted by Gasteiger charge is -2.14. The topological polar surface area (TPSA) is 9.23 Å². The Labute approximate surface area is 120 Å². The van der Waals surface area contributed by atoms with E-state index in [-0.39, 0.29) is 18.3 Å². The van der Waals surface area contributed by atoms with E-state index in [0.29, 0.717) is 25.1 Å². The van der Waals surface area contributed by atoms with E-state index in [0.717, 1.165) is 5.56 Å². The molecule has 1 nitrogen and oxygen atoms in total. The maximum Gasteiger partial charge on any atom is 0.411 e. The van der Waals surface area contributed by atoms with Gasteiger partial charge in [0.1, 0.15) is 12.4 Å². The Bertz CT molecular complexity index is 395. The summed E-state index contributed by atoms with van der Waals surface area (Å²) in [7, 11) is 0. The van der Waals surface area contributed by atoms with Gasteiger partial charge < -0.3 is 4.74 Å². The first kappa shape index (κ1) is 17.2. The first-order valence-corrected chi connectivity index (χ1v) is 6.89. The van der Waals surface area contributed by atoms with Gasteiger partial charge in [0.05, 0.1) is 0 Å². The summed E-state index contributed by atoms with van der Waals surface area (Å²) in [6, 6.07) is 6.25. The Kier molecular flexibility index (Phi) is 7.30. The molecule has 1 rings (SSSR count). The number of alkyl halides is 4. The van der Waals surface area contributed by atoms with Crippen molar-refractivity contribution in [2.24, 2.45) is 5.92 Å². The number of rotatable bonds is 8. The van der Waals surface area contributed by atoms with Crippen LogP contribution in [0.3, 0.4) is 0 Å². The highest BCUT2D eigenvalue weighted by atomic mass is 35.5. The van der Waals surface area contributed by atoms with Crippen LogP contribution in [0.1, 0.15) is 18.4 Å². The fourth-order valence-electron chi connectivity index (χ4n) is 1.89. The van der Waals surface area contributed by atoms with E-state index < -0.39 is 12.8 Å². The molecule has 6 heteroatoms. The van der Waals surface area contributed by atoms with Crippen LogP contribution < -0.4 is 0 Å². The summed E-state index contributed by atoms with van der Waals surface area (Å²) in [6.45, 7) is -1.17. The number of hydrogen-bond acceptors (Lipinski definition) is 1. The summed E-state index contributed by atoms with van der Waals surface area (Å²) in [4.78, 5) is 0. The van der Waals surface area contributed by atoms with E-state index in [9.17, 15) is 17.6 Å². The third kappa shape index (κ3) is 7.70. The van der Waals surface area contributed by atoms with E-state index in [4.69, 9.17) is 11.6 Å². The second kappa shape index (κ2) is 8.47. The molecule has 0 saturated carbocycles. The van der Waals surface area contributed by atoms with Crippen molar-refractivity contribution in [1.29, 1.82) is 0 Å². The normalized spacial score (nSPS) is 13.4. The molecular weight excluding hydrogens is 296 g/mol. The van der Waals surface area contributed by atoms with Gasteiger partial charge in [-0.05, 0) is 42.9 Å². The van der Waals surface area contributed by atoms with Gasteiger partial charge in [-0.2, -0.15) is 13.2 Å². The van der Waals surface area contributed by atoms with Gasteiger partial charge in [0.15, 0.2) is 0 Å². The molecule has 0 fully saturated rings. The van der Waals surface area contributed by atoms with E-state index in [2.05, 4.69) is 4.74 Å². The van der Waals surface area contributed by atoms with Crippen LogP contribution in [-0.2, 0) is 11.2 Å². The molecule has 0 aromatic heterocycles. The average Bonchev–Trinajstić information content (AvgIpc) is 2.35. The number of hydrogen-bond donors (Lipinski definition) is 0. The van der Waals surface area contributed by atoms with Crippen molar-refractivity contribution in [1.82, 2.24) is 0 Å². The minimum Gasteiger partial charge on any atom is -0.372 e. The molecule has 1 atom stereocenters. The quantitative estimate of drug-likeness (QED) is 0.388. The minimum absolute atomic E-state index is 0.0516. The summed E-state index contributed by atoms with van der Waals surface area (Å²) in [6.07, 6.45) is -2.52. The predicted octanol–water partition coefficient (Wildman–Crippen LogP) is 4.58. The largest absolute Gasteiger partial charge is 0.411 e. The van der Waals surface area contributed by atoms with Crippen LogP contribution in [0.25, 0.3) is 0 Å². The minimum atomic E-state index is -4.28. The molecule has 0 aliphatic rings. The second-order valence-corrected chi connectivity index (χ2v) is 4.97. The summed E-state index contributed by atoms with van der Waals surface area (Å²) in [5.74, 6) is 0.188. The molecular formula is C14H17ClF4O. The lowest BCUT2D eigenvalue weighted by molar-refractivity contribution is -0.174. The van der Waals surface area contributed by atoms with Gasteiger partial charge >= 0.3 is 6.18 Å². The number of halogens is 5. The van der Waals surface area contributed by atoms with Crippen LogP contribution in [0.15, 0.2) is 24.3 Å². The fraction of sp³-hybridized carbons (Fsp3) is 0.571. The summed E-state index contributed by atoms with van der Waals surface area (Å²) in [5.41, 5.74) is 0.840. The van der Waals surface area contributed by atoms with Gasteiger partial charge in [0.25, 0.3) is 0 Å². The van der Waals surface area contributed by atoms with Crippen molar-refractivity contribution in [2.45, 2.75) is 25.4 Å². The van der Waals surface area contributed by atoms with Crippen LogP contribution >= 0.6 is 11.6 Å². The van der Waals surface area contributed by atoms with E-state index in [1.807, 2.05) is 6.07 Å². The van der Waals surface area contributed by atoms with Gasteiger partial charge in [0, 0.05) is 12.5 Å². The monoisotopic (exact) mass is 312 g/mol. The molecule has 0 heterocycles. The van der Waals surface area contributed by atoms with Gasteiger partial charge in [-0.3, -0.25) is 0 Å². The molecule has 0 radical (unpaired) electrons. The third-order valence-electron chi connectivity index (χ3n) is 2.80. The second-order valence-electron chi connectivity index (χ2n) is 4.66. The molecule has 1 unspecified atom stereocenters. The molecule has 114 valence electrons. The third-order valence-corrected chi connectivity index (χ3v) is 3.23. The first-order valence-electron chi connectivity index (χ1n) is 6.35. The van der Waals surface area contributed by atoms with Gasteiger partial charge in [-0.25, -0.2) is 4.39 Å². The summed E-state index contributed by atoms with van der Waals surface area (Å²) in [5, 5.41) is 0. The molecule has 0 saturated heterocycles. The van der Waals surface area contributed by atoms with Gasteiger partial charge in [-0.1, -0.05) is 12.1 Å². The first-order chi connectivity index (χ1) is 9.40. The smallest absolute Gasteiger partial charge is 0.372 e. The zero-order valence-corrected chi connectivity index (χ0v) is 11.7. The van der Waals surface area contributed by atoms with Crippen LogP contribution in [0, 0.1) is 11.7 Å². The molecule has 20 heavy (non-hydrogen) atoms. The molecule has 0 N–H and O–H groups in total. The Morgan fingerprint density at radius 1 is 1.25 bits per heavy atom. The Balaban J connectivity index is 2.26. The van der Waals surface area contributed by atoms with Crippen molar-refractivity contribution >= 4 is 11.6 Å². The fourth-order valence-corrected chi connectivity index (χ4v) is 2.16. The molecule has 1 aromatic carbocycles. The molecule has 0 bridgehead atoms. The van der Waals surface area contributed by atoms with E-state index >= 15 is 0 Å². The van der Waals surface area contributed by atoms with Gasteiger partial charge in [0.2, 0.25) is 0 Å². The molecule has 0 amide bonds. The van der Waals surface area contributed by atoms with E-state index in [1.165, 1.54) is 12.1 Å². The molecule has 0 aliphatic carbocycles. The van der Waals surface area contributed by atoms with Crippen molar-refractivity contribution in [3.05, 3.63) is 35.6 Å². The van der Waals surface area contributed by atoms with Crippen molar-refractivity contribution in [2.75, 3.05) is 19.1 Å². The van der Waals surface area contributed by atoms with Crippen LogP contribution in [-0.4, -0.2) is 25.3 Å². The molecule has 0 aliphatic heterocycles. The van der Waals surface area contributed by atoms with Crippen LogP contribution in [0.4, 0.5) is 17.6 Å². The maximum atomic E-state index is 13.0. The Morgan fingerprint density at radius 2 is 2.00 bits per heavy atom. The number of ether oxygens (including phenoxy) is 1. The van der Waals surface area contributed by atoms with E-state index in [1.54, 1.807) is 6.07 Å². The highest BCUT2D eigenvalue weighted by molar-refractivity contribution is 6.18. The summed E-state index contributed by atoms with van der Waals surface area (Å²) >= 11 is 5.83. The van der Waals surface area contributed by atoms with Crippen molar-refractivity contribution in [3.63, 3.8) is 0 Å². The van der Waals surface area contributed by atoms with Gasteiger partial charge in [-0.15, -0.1) is 11.6 Å².